The highest BCUT2D eigenvalue weighted by molar-refractivity contribution is 5.93. The van der Waals surface area contributed by atoms with Crippen molar-refractivity contribution >= 4 is 5.91 Å². The van der Waals surface area contributed by atoms with Crippen molar-refractivity contribution in [3.63, 3.8) is 0 Å². The second-order valence-electron chi connectivity index (χ2n) is 7.76. The summed E-state index contributed by atoms with van der Waals surface area (Å²) in [7, 11) is 0. The first-order valence-corrected chi connectivity index (χ1v) is 8.70. The van der Waals surface area contributed by atoms with E-state index < -0.39 is 0 Å². The second kappa shape index (κ2) is 5.36. The number of aryl methyl sites for hydroxylation is 1. The van der Waals surface area contributed by atoms with Crippen molar-refractivity contribution in [1.82, 2.24) is 9.88 Å². The molecular weight excluding hydrogens is 290 g/mol. The van der Waals surface area contributed by atoms with E-state index in [0.29, 0.717) is 24.4 Å². The third kappa shape index (κ3) is 2.36. The zero-order chi connectivity index (χ0) is 16.0. The molecule has 0 spiro atoms. The van der Waals surface area contributed by atoms with Crippen molar-refractivity contribution in [3.8, 4) is 6.07 Å². The number of carbonyl (C=O) groups is 1. The molecule has 1 heterocycles. The largest absolute Gasteiger partial charge is 0.448 e. The van der Waals surface area contributed by atoms with Crippen LogP contribution >= 0.6 is 0 Å². The van der Waals surface area contributed by atoms with Gasteiger partial charge in [-0.15, -0.1) is 0 Å². The lowest BCUT2D eigenvalue weighted by Gasteiger charge is -2.60. The first-order valence-electron chi connectivity index (χ1n) is 8.70. The number of hydrogen-bond acceptors (Lipinski definition) is 4. The maximum absolute atomic E-state index is 13.1. The van der Waals surface area contributed by atoms with Crippen LogP contribution in [0.5, 0.6) is 0 Å². The molecule has 0 unspecified atom stereocenters. The molecule has 4 aliphatic carbocycles. The minimum Gasteiger partial charge on any atom is -0.448 e. The van der Waals surface area contributed by atoms with E-state index in [-0.39, 0.29) is 11.4 Å². The van der Waals surface area contributed by atoms with Crippen molar-refractivity contribution in [1.29, 1.82) is 5.26 Å². The van der Waals surface area contributed by atoms with Crippen LogP contribution in [0.15, 0.2) is 10.8 Å². The van der Waals surface area contributed by atoms with Gasteiger partial charge in [-0.1, -0.05) is 0 Å². The van der Waals surface area contributed by atoms with E-state index >= 15 is 0 Å². The topological polar surface area (TPSA) is 70.1 Å². The molecule has 5 nitrogen and oxygen atoms in total. The van der Waals surface area contributed by atoms with Crippen LogP contribution in [-0.4, -0.2) is 27.9 Å². The molecule has 0 atom stereocenters. The number of nitrogens with zero attached hydrogens (tertiary/aromatic N) is 3. The van der Waals surface area contributed by atoms with E-state index in [1.165, 1.54) is 25.7 Å². The number of rotatable bonds is 4. The van der Waals surface area contributed by atoms with E-state index in [0.717, 1.165) is 37.0 Å². The van der Waals surface area contributed by atoms with Crippen LogP contribution in [0.4, 0.5) is 0 Å². The molecule has 5 rings (SSSR count). The summed E-state index contributed by atoms with van der Waals surface area (Å²) in [4.78, 5) is 19.3. The molecule has 4 fully saturated rings. The van der Waals surface area contributed by atoms with E-state index in [4.69, 9.17) is 9.68 Å². The first-order chi connectivity index (χ1) is 11.1. The molecule has 122 valence electrons. The molecule has 1 aromatic rings. The van der Waals surface area contributed by atoms with Gasteiger partial charge in [-0.05, 0) is 63.2 Å². The Morgan fingerprint density at radius 1 is 1.35 bits per heavy atom. The summed E-state index contributed by atoms with van der Waals surface area (Å²) >= 11 is 0. The molecule has 0 aromatic carbocycles. The van der Waals surface area contributed by atoms with Crippen LogP contribution in [0.3, 0.4) is 0 Å². The fourth-order valence-electron chi connectivity index (χ4n) is 5.75. The maximum atomic E-state index is 13.1. The van der Waals surface area contributed by atoms with Gasteiger partial charge < -0.3 is 9.32 Å². The standard InChI is InChI=1S/C18H23N3O2/c1-12-16(20-11-23-12)17(22)21(4-2-3-19)18-8-13-5-14(9-18)7-15(6-13)10-18/h11,13-15H,2,4-10H2,1H3. The predicted molar refractivity (Wildman–Crippen MR) is 83.4 cm³/mol. The molecule has 1 amide bonds. The zero-order valence-electron chi connectivity index (χ0n) is 13.6. The van der Waals surface area contributed by atoms with Gasteiger partial charge in [-0.3, -0.25) is 4.79 Å². The normalized spacial score (nSPS) is 34.3. The lowest BCUT2D eigenvalue weighted by molar-refractivity contribution is -0.0742. The van der Waals surface area contributed by atoms with E-state index in [1.54, 1.807) is 6.92 Å². The van der Waals surface area contributed by atoms with Gasteiger partial charge in [-0.25, -0.2) is 4.98 Å². The van der Waals surface area contributed by atoms with Crippen LogP contribution < -0.4 is 0 Å². The molecule has 23 heavy (non-hydrogen) atoms. The Kier molecular flexibility index (Phi) is 3.44. The van der Waals surface area contributed by atoms with Gasteiger partial charge in [0.25, 0.3) is 5.91 Å². The highest BCUT2D eigenvalue weighted by Crippen LogP contribution is 2.58. The smallest absolute Gasteiger partial charge is 0.276 e. The van der Waals surface area contributed by atoms with Gasteiger partial charge in [0.15, 0.2) is 12.1 Å². The number of oxazole rings is 1. The number of aromatic nitrogens is 1. The summed E-state index contributed by atoms with van der Waals surface area (Å²) in [5, 5.41) is 9.04. The molecule has 1 aromatic heterocycles. The lowest BCUT2D eigenvalue weighted by Crippen LogP contribution is -2.61. The summed E-state index contributed by atoms with van der Waals surface area (Å²) in [5.41, 5.74) is 0.368. The molecule has 0 aliphatic heterocycles. The summed E-state index contributed by atoms with van der Waals surface area (Å²) in [6.45, 7) is 2.29. The van der Waals surface area contributed by atoms with Gasteiger partial charge in [-0.2, -0.15) is 5.26 Å². The lowest BCUT2D eigenvalue weighted by atomic mass is 9.52. The Labute approximate surface area is 136 Å². The SMILES string of the molecule is Cc1ocnc1C(=O)N(CCC#N)C12CC3CC(CC(C3)C1)C2. The molecule has 4 bridgehead atoms. The van der Waals surface area contributed by atoms with Crippen LogP contribution in [0.25, 0.3) is 0 Å². The third-order valence-electron chi connectivity index (χ3n) is 6.22. The van der Waals surface area contributed by atoms with Crippen molar-refractivity contribution in [2.45, 2.75) is 57.4 Å². The van der Waals surface area contributed by atoms with Crippen molar-refractivity contribution < 1.29 is 9.21 Å². The molecule has 4 saturated carbocycles. The zero-order valence-corrected chi connectivity index (χ0v) is 13.6. The van der Waals surface area contributed by atoms with E-state index in [9.17, 15) is 4.79 Å². The van der Waals surface area contributed by atoms with Crippen LogP contribution in [0, 0.1) is 36.0 Å². The first kappa shape index (κ1) is 14.7. The molecule has 4 aliphatic rings. The van der Waals surface area contributed by atoms with Crippen molar-refractivity contribution in [3.05, 3.63) is 17.8 Å². The Morgan fingerprint density at radius 3 is 2.43 bits per heavy atom. The molecule has 5 heteroatoms. The third-order valence-corrected chi connectivity index (χ3v) is 6.22. The molecule has 0 radical (unpaired) electrons. The fourth-order valence-corrected chi connectivity index (χ4v) is 5.75. The van der Waals surface area contributed by atoms with Gasteiger partial charge in [0.2, 0.25) is 0 Å². The fraction of sp³-hybridized carbons (Fsp3) is 0.722. The summed E-state index contributed by atoms with van der Waals surface area (Å²) in [6, 6.07) is 2.21. The average molecular weight is 313 g/mol. The number of hydrogen-bond donors (Lipinski definition) is 0. The number of carbonyl (C=O) groups excluding carboxylic acids is 1. The quantitative estimate of drug-likeness (QED) is 0.855. The van der Waals surface area contributed by atoms with E-state index in [2.05, 4.69) is 11.1 Å². The Hall–Kier alpha value is -1.83. The summed E-state index contributed by atoms with van der Waals surface area (Å²) < 4.78 is 5.24. The molecular formula is C18H23N3O2. The van der Waals surface area contributed by atoms with Gasteiger partial charge in [0.1, 0.15) is 5.76 Å². The van der Waals surface area contributed by atoms with Gasteiger partial charge in [0, 0.05) is 12.1 Å². The Balaban J connectivity index is 1.67. The molecule has 0 saturated heterocycles. The number of nitriles is 1. The Bertz CT molecular complexity index is 622. The van der Waals surface area contributed by atoms with Crippen LogP contribution in [0.1, 0.15) is 61.2 Å². The van der Waals surface area contributed by atoms with Crippen LogP contribution in [0.2, 0.25) is 0 Å². The van der Waals surface area contributed by atoms with Gasteiger partial charge >= 0.3 is 0 Å². The summed E-state index contributed by atoms with van der Waals surface area (Å²) in [6.07, 6.45) is 9.04. The van der Waals surface area contributed by atoms with E-state index in [1.807, 2.05) is 4.90 Å². The van der Waals surface area contributed by atoms with Crippen molar-refractivity contribution in [2.75, 3.05) is 6.54 Å². The molecule has 0 N–H and O–H groups in total. The second-order valence-corrected chi connectivity index (χ2v) is 7.76. The Morgan fingerprint density at radius 2 is 1.96 bits per heavy atom. The minimum absolute atomic E-state index is 0.0475. The number of amides is 1. The summed E-state index contributed by atoms with van der Waals surface area (Å²) in [5.74, 6) is 2.81. The highest BCUT2D eigenvalue weighted by atomic mass is 16.3. The monoisotopic (exact) mass is 313 g/mol. The van der Waals surface area contributed by atoms with Gasteiger partial charge in [0.05, 0.1) is 12.5 Å². The van der Waals surface area contributed by atoms with Crippen LogP contribution in [-0.2, 0) is 0 Å². The highest BCUT2D eigenvalue weighted by Gasteiger charge is 2.54. The van der Waals surface area contributed by atoms with Crippen molar-refractivity contribution in [2.24, 2.45) is 17.8 Å². The average Bonchev–Trinajstić information content (AvgIpc) is 2.92. The maximum Gasteiger partial charge on any atom is 0.276 e. The predicted octanol–water partition coefficient (Wildman–Crippen LogP) is 3.31. The minimum atomic E-state index is -0.0477.